The molecule has 0 bridgehead atoms. The average Bonchev–Trinajstić information content (AvgIpc) is 2.21. The summed E-state index contributed by atoms with van der Waals surface area (Å²) in [6.45, 7) is 1.37. The smallest absolute Gasteiger partial charge is 0.218 e. The van der Waals surface area contributed by atoms with Crippen LogP contribution in [0.1, 0.15) is 12.5 Å². The molecule has 0 saturated carbocycles. The maximum atomic E-state index is 13.3. The van der Waals surface area contributed by atoms with Crippen molar-refractivity contribution in [2.24, 2.45) is 0 Å². The molecule has 18 heavy (non-hydrogen) atoms. The Morgan fingerprint density at radius 1 is 1.39 bits per heavy atom. The second-order valence-corrected chi connectivity index (χ2v) is 6.20. The molecule has 1 aromatic rings. The van der Waals surface area contributed by atoms with Crippen LogP contribution in [0.5, 0.6) is 0 Å². The van der Waals surface area contributed by atoms with Gasteiger partial charge in [-0.05, 0) is 13.0 Å². The molecule has 0 fully saturated rings. The Kier molecular flexibility index (Phi) is 4.78. The van der Waals surface area contributed by atoms with E-state index in [2.05, 4.69) is 0 Å². The summed E-state index contributed by atoms with van der Waals surface area (Å²) in [5.74, 6) is -2.22. The van der Waals surface area contributed by atoms with Crippen molar-refractivity contribution in [3.05, 3.63) is 35.4 Å². The molecule has 0 aliphatic carbocycles. The van der Waals surface area contributed by atoms with Crippen molar-refractivity contribution in [1.82, 2.24) is 4.31 Å². The van der Waals surface area contributed by atoms with Crippen LogP contribution in [0.2, 0.25) is 0 Å². The summed E-state index contributed by atoms with van der Waals surface area (Å²) in [4.78, 5) is 0. The van der Waals surface area contributed by atoms with Crippen molar-refractivity contribution in [1.29, 1.82) is 0 Å². The van der Waals surface area contributed by atoms with Gasteiger partial charge in [0.2, 0.25) is 10.0 Å². The van der Waals surface area contributed by atoms with E-state index in [1.807, 2.05) is 0 Å². The predicted octanol–water partition coefficient (Wildman–Crippen LogP) is 1.11. The SMILES string of the molecule is C[C@H](O)CN(C)S(=O)(=O)Cc1ccc(F)cc1F. The van der Waals surface area contributed by atoms with E-state index >= 15 is 0 Å². The first-order chi connectivity index (χ1) is 8.22. The van der Waals surface area contributed by atoms with Gasteiger partial charge in [0.15, 0.2) is 0 Å². The highest BCUT2D eigenvalue weighted by Gasteiger charge is 2.21. The molecule has 0 unspecified atom stereocenters. The molecule has 0 saturated heterocycles. The molecule has 1 atom stereocenters. The van der Waals surface area contributed by atoms with E-state index in [1.54, 1.807) is 0 Å². The molecular formula is C11H15F2NO3S. The van der Waals surface area contributed by atoms with Crippen LogP contribution >= 0.6 is 0 Å². The van der Waals surface area contributed by atoms with Gasteiger partial charge in [-0.15, -0.1) is 0 Å². The zero-order valence-electron chi connectivity index (χ0n) is 10.1. The number of rotatable bonds is 5. The molecule has 0 aromatic heterocycles. The van der Waals surface area contributed by atoms with Crippen molar-refractivity contribution in [2.75, 3.05) is 13.6 Å². The van der Waals surface area contributed by atoms with E-state index in [0.717, 1.165) is 16.4 Å². The monoisotopic (exact) mass is 279 g/mol. The van der Waals surface area contributed by atoms with Crippen molar-refractivity contribution in [3.8, 4) is 0 Å². The lowest BCUT2D eigenvalue weighted by molar-refractivity contribution is 0.171. The molecule has 1 rings (SSSR count). The van der Waals surface area contributed by atoms with Gasteiger partial charge in [0.25, 0.3) is 0 Å². The maximum Gasteiger partial charge on any atom is 0.218 e. The molecule has 0 heterocycles. The Morgan fingerprint density at radius 3 is 2.50 bits per heavy atom. The number of benzene rings is 1. The predicted molar refractivity (Wildman–Crippen MR) is 63.3 cm³/mol. The van der Waals surface area contributed by atoms with Crippen molar-refractivity contribution in [2.45, 2.75) is 18.8 Å². The maximum absolute atomic E-state index is 13.3. The molecule has 0 amide bonds. The van der Waals surface area contributed by atoms with Crippen molar-refractivity contribution in [3.63, 3.8) is 0 Å². The Bertz CT molecular complexity index is 517. The first-order valence-corrected chi connectivity index (χ1v) is 6.89. The van der Waals surface area contributed by atoms with Crippen LogP contribution < -0.4 is 0 Å². The zero-order chi connectivity index (χ0) is 13.9. The molecule has 4 nitrogen and oxygen atoms in total. The van der Waals surface area contributed by atoms with Gasteiger partial charge in [-0.3, -0.25) is 0 Å². The van der Waals surface area contributed by atoms with Crippen molar-refractivity contribution < 1.29 is 22.3 Å². The van der Waals surface area contributed by atoms with E-state index in [0.29, 0.717) is 6.07 Å². The second-order valence-electron chi connectivity index (χ2n) is 4.12. The van der Waals surface area contributed by atoms with Crippen LogP contribution in [0.4, 0.5) is 8.78 Å². The molecule has 0 aliphatic heterocycles. The fraction of sp³-hybridized carbons (Fsp3) is 0.455. The summed E-state index contributed by atoms with van der Waals surface area (Å²) in [5, 5.41) is 9.11. The number of hydrogen-bond donors (Lipinski definition) is 1. The lowest BCUT2D eigenvalue weighted by Gasteiger charge is -2.18. The molecular weight excluding hydrogens is 264 g/mol. The molecule has 0 spiro atoms. The van der Waals surface area contributed by atoms with Gasteiger partial charge in [-0.2, -0.15) is 0 Å². The molecule has 0 aliphatic rings. The third-order valence-electron chi connectivity index (χ3n) is 2.35. The van der Waals surface area contributed by atoms with E-state index in [1.165, 1.54) is 14.0 Å². The van der Waals surface area contributed by atoms with Crippen LogP contribution in [0.15, 0.2) is 18.2 Å². The summed E-state index contributed by atoms with van der Waals surface area (Å²) in [5.41, 5.74) is -0.103. The minimum Gasteiger partial charge on any atom is -0.392 e. The summed E-state index contributed by atoms with van der Waals surface area (Å²) < 4.78 is 50.6. The number of hydrogen-bond acceptors (Lipinski definition) is 3. The molecule has 7 heteroatoms. The van der Waals surface area contributed by atoms with Crippen LogP contribution in [0.25, 0.3) is 0 Å². The Balaban J connectivity index is 2.88. The number of halogens is 2. The van der Waals surface area contributed by atoms with Gasteiger partial charge in [-0.25, -0.2) is 21.5 Å². The number of nitrogens with zero attached hydrogens (tertiary/aromatic N) is 1. The highest BCUT2D eigenvalue weighted by Crippen LogP contribution is 2.15. The second kappa shape index (κ2) is 5.73. The molecule has 0 radical (unpaired) electrons. The number of aliphatic hydroxyl groups excluding tert-OH is 1. The number of aliphatic hydroxyl groups is 1. The lowest BCUT2D eigenvalue weighted by atomic mass is 10.2. The van der Waals surface area contributed by atoms with E-state index < -0.39 is 33.5 Å². The largest absolute Gasteiger partial charge is 0.392 e. The van der Waals surface area contributed by atoms with E-state index in [9.17, 15) is 17.2 Å². The average molecular weight is 279 g/mol. The highest BCUT2D eigenvalue weighted by atomic mass is 32.2. The van der Waals surface area contributed by atoms with Crippen LogP contribution in [-0.2, 0) is 15.8 Å². The molecule has 1 N–H and O–H groups in total. The van der Waals surface area contributed by atoms with Crippen LogP contribution in [-0.4, -0.2) is 37.5 Å². The standard InChI is InChI=1S/C11H15F2NO3S/c1-8(15)6-14(2)18(16,17)7-9-3-4-10(12)5-11(9)13/h3-5,8,15H,6-7H2,1-2H3/t8-/m0/s1. The Hall–Kier alpha value is -1.05. The highest BCUT2D eigenvalue weighted by molar-refractivity contribution is 7.88. The normalized spacial score (nSPS) is 13.9. The van der Waals surface area contributed by atoms with Crippen molar-refractivity contribution >= 4 is 10.0 Å². The van der Waals surface area contributed by atoms with Gasteiger partial charge >= 0.3 is 0 Å². The van der Waals surface area contributed by atoms with Gasteiger partial charge < -0.3 is 5.11 Å². The summed E-state index contributed by atoms with van der Waals surface area (Å²) in [6, 6.07) is 2.74. The van der Waals surface area contributed by atoms with E-state index in [4.69, 9.17) is 5.11 Å². The first-order valence-electron chi connectivity index (χ1n) is 5.28. The van der Waals surface area contributed by atoms with Crippen LogP contribution in [0.3, 0.4) is 0 Å². The Morgan fingerprint density at radius 2 is 2.00 bits per heavy atom. The summed E-state index contributed by atoms with van der Waals surface area (Å²) in [7, 11) is -2.44. The number of likely N-dealkylation sites (N-methyl/N-ethyl adjacent to an activating group) is 1. The summed E-state index contributed by atoms with van der Waals surface area (Å²) >= 11 is 0. The third-order valence-corrected chi connectivity index (χ3v) is 4.12. The van der Waals surface area contributed by atoms with Crippen LogP contribution in [0, 0.1) is 11.6 Å². The fourth-order valence-corrected chi connectivity index (χ4v) is 2.72. The minimum absolute atomic E-state index is 0.0782. The molecule has 1 aromatic carbocycles. The minimum atomic E-state index is -3.73. The third kappa shape index (κ3) is 4.01. The fourth-order valence-electron chi connectivity index (χ4n) is 1.43. The first kappa shape index (κ1) is 15.0. The van der Waals surface area contributed by atoms with Gasteiger partial charge in [0.05, 0.1) is 11.9 Å². The van der Waals surface area contributed by atoms with Gasteiger partial charge in [0.1, 0.15) is 11.6 Å². The van der Waals surface area contributed by atoms with E-state index in [-0.39, 0.29) is 12.1 Å². The molecule has 102 valence electrons. The Labute approximate surface area is 105 Å². The lowest BCUT2D eigenvalue weighted by Crippen LogP contribution is -2.34. The van der Waals surface area contributed by atoms with Gasteiger partial charge in [-0.1, -0.05) is 6.07 Å². The number of sulfonamides is 1. The zero-order valence-corrected chi connectivity index (χ0v) is 10.9. The summed E-state index contributed by atoms with van der Waals surface area (Å²) in [6.07, 6.45) is -0.817. The quantitative estimate of drug-likeness (QED) is 0.878. The van der Waals surface area contributed by atoms with Gasteiger partial charge in [0, 0.05) is 25.2 Å². The topological polar surface area (TPSA) is 57.6 Å².